The van der Waals surface area contributed by atoms with E-state index in [-0.39, 0.29) is 6.04 Å². The van der Waals surface area contributed by atoms with Crippen molar-refractivity contribution in [3.63, 3.8) is 0 Å². The molecule has 8 heteroatoms. The fraction of sp³-hybridized carbons (Fsp3) is 0.552. The molecule has 7 nitrogen and oxygen atoms in total. The van der Waals surface area contributed by atoms with Crippen LogP contribution in [0.1, 0.15) is 86.8 Å². The molecule has 0 bridgehead atoms. The second-order valence-electron chi connectivity index (χ2n) is 11.5. The highest BCUT2D eigenvalue weighted by atomic mass is 32.2. The number of aryl methyl sites for hydroxylation is 1. The summed E-state index contributed by atoms with van der Waals surface area (Å²) in [4.78, 5) is 12.6. The van der Waals surface area contributed by atoms with Gasteiger partial charge in [-0.25, -0.2) is 4.79 Å². The number of hydrogen-bond donors (Lipinski definition) is 2. The molecule has 202 valence electrons. The van der Waals surface area contributed by atoms with Gasteiger partial charge in [0, 0.05) is 18.2 Å². The molecule has 0 unspecified atom stereocenters. The van der Waals surface area contributed by atoms with E-state index in [0.717, 1.165) is 59.9 Å². The van der Waals surface area contributed by atoms with Crippen molar-refractivity contribution in [2.24, 2.45) is 0 Å². The highest BCUT2D eigenvalue weighted by Gasteiger charge is 2.38. The Bertz CT molecular complexity index is 1270. The Morgan fingerprint density at radius 2 is 1.68 bits per heavy atom. The highest BCUT2D eigenvalue weighted by Crippen LogP contribution is 2.45. The van der Waals surface area contributed by atoms with Crippen LogP contribution in [-0.2, 0) is 26.2 Å². The summed E-state index contributed by atoms with van der Waals surface area (Å²) in [6, 6.07) is 8.00. The first-order valence-corrected chi connectivity index (χ1v) is 14.7. The van der Waals surface area contributed by atoms with Gasteiger partial charge in [-0.2, -0.15) is 12.7 Å². The zero-order valence-electron chi connectivity index (χ0n) is 22.8. The van der Waals surface area contributed by atoms with Crippen LogP contribution >= 0.6 is 0 Å². The molecular weight excluding hydrogens is 488 g/mol. The Labute approximate surface area is 221 Å². The molecule has 0 saturated heterocycles. The van der Waals surface area contributed by atoms with Crippen LogP contribution in [0.2, 0.25) is 0 Å². The molecule has 4 rings (SSSR count). The number of nitrogens with one attached hydrogen (secondary N) is 1. The standard InChI is InChI=1S/C29H40N2O5S/c1-18-12-14-21(15-13-18)24-19(2)23-16-17-31(22-10-8-7-9-11-22)37(34,35)30-26(23)20(3)25(24)27(28(32)33)36-29(4,5)6/h12-15,22,27,30H,7-11,16-17H2,1-6H3,(H,32,33)/t27-/m0/s1. The van der Waals surface area contributed by atoms with E-state index >= 15 is 0 Å². The number of carbonyl (C=O) groups is 1. The van der Waals surface area contributed by atoms with Crippen molar-refractivity contribution in [3.05, 3.63) is 52.1 Å². The van der Waals surface area contributed by atoms with E-state index in [0.29, 0.717) is 29.8 Å². The number of aliphatic carboxylic acids is 1. The molecule has 0 spiro atoms. The number of benzene rings is 2. The number of carboxylic acid groups (broad SMARTS) is 1. The van der Waals surface area contributed by atoms with E-state index in [4.69, 9.17) is 4.74 Å². The number of fused-ring (bicyclic) bond motifs is 1. The first-order valence-electron chi connectivity index (χ1n) is 13.2. The van der Waals surface area contributed by atoms with Crippen molar-refractivity contribution < 1.29 is 23.1 Å². The van der Waals surface area contributed by atoms with Gasteiger partial charge in [0.15, 0.2) is 6.10 Å². The second-order valence-corrected chi connectivity index (χ2v) is 13.1. The molecule has 0 radical (unpaired) electrons. The van der Waals surface area contributed by atoms with Crippen molar-refractivity contribution in [2.45, 2.75) is 97.8 Å². The number of anilines is 1. The number of ether oxygens (including phenoxy) is 1. The lowest BCUT2D eigenvalue weighted by atomic mass is 9.83. The lowest BCUT2D eigenvalue weighted by molar-refractivity contribution is -0.160. The smallest absolute Gasteiger partial charge is 0.337 e. The lowest BCUT2D eigenvalue weighted by Gasteiger charge is -2.32. The minimum Gasteiger partial charge on any atom is -0.479 e. The molecule has 1 saturated carbocycles. The van der Waals surface area contributed by atoms with Crippen LogP contribution in [0, 0.1) is 20.8 Å². The van der Waals surface area contributed by atoms with Crippen LogP contribution in [0.3, 0.4) is 0 Å². The predicted octanol–water partition coefficient (Wildman–Crippen LogP) is 6.07. The van der Waals surface area contributed by atoms with E-state index in [9.17, 15) is 18.3 Å². The first kappa shape index (κ1) is 27.6. The lowest BCUT2D eigenvalue weighted by Crippen LogP contribution is -2.44. The zero-order valence-corrected chi connectivity index (χ0v) is 23.7. The van der Waals surface area contributed by atoms with E-state index in [2.05, 4.69) is 4.72 Å². The molecule has 1 aliphatic heterocycles. The van der Waals surface area contributed by atoms with E-state index in [1.165, 1.54) is 0 Å². The van der Waals surface area contributed by atoms with Crippen LogP contribution in [0.15, 0.2) is 24.3 Å². The Morgan fingerprint density at radius 3 is 2.24 bits per heavy atom. The maximum Gasteiger partial charge on any atom is 0.337 e. The molecule has 2 aromatic rings. The quantitative estimate of drug-likeness (QED) is 0.491. The Kier molecular flexibility index (Phi) is 7.75. The molecule has 1 fully saturated rings. The van der Waals surface area contributed by atoms with Gasteiger partial charge < -0.3 is 9.84 Å². The summed E-state index contributed by atoms with van der Waals surface area (Å²) in [6.07, 6.45) is 4.25. The Morgan fingerprint density at radius 1 is 1.05 bits per heavy atom. The number of rotatable bonds is 5. The van der Waals surface area contributed by atoms with E-state index in [1.54, 1.807) is 4.31 Å². The average Bonchev–Trinajstić information content (AvgIpc) is 2.96. The van der Waals surface area contributed by atoms with Crippen LogP contribution in [-0.4, -0.2) is 42.0 Å². The van der Waals surface area contributed by atoms with Crippen molar-refractivity contribution >= 4 is 21.9 Å². The summed E-state index contributed by atoms with van der Waals surface area (Å²) in [6.45, 7) is 11.7. The normalized spacial score (nSPS) is 19.5. The third kappa shape index (κ3) is 5.71. The molecule has 2 N–H and O–H groups in total. The summed E-state index contributed by atoms with van der Waals surface area (Å²) in [5.74, 6) is -1.11. The fourth-order valence-electron chi connectivity index (χ4n) is 5.82. The van der Waals surface area contributed by atoms with Crippen molar-refractivity contribution in [2.75, 3.05) is 11.3 Å². The van der Waals surface area contributed by atoms with Gasteiger partial charge in [-0.3, -0.25) is 4.72 Å². The van der Waals surface area contributed by atoms with Gasteiger partial charge in [0.1, 0.15) is 0 Å². The zero-order chi connectivity index (χ0) is 27.1. The summed E-state index contributed by atoms with van der Waals surface area (Å²) in [7, 11) is -3.80. The van der Waals surface area contributed by atoms with Crippen LogP contribution in [0.25, 0.3) is 11.1 Å². The Balaban J connectivity index is 1.95. The third-order valence-electron chi connectivity index (χ3n) is 7.58. The molecule has 37 heavy (non-hydrogen) atoms. The van der Waals surface area contributed by atoms with Crippen molar-refractivity contribution in [3.8, 4) is 11.1 Å². The summed E-state index contributed by atoms with van der Waals surface area (Å²) >= 11 is 0. The van der Waals surface area contributed by atoms with Crippen LogP contribution in [0.5, 0.6) is 0 Å². The third-order valence-corrected chi connectivity index (χ3v) is 9.14. The average molecular weight is 529 g/mol. The fourth-order valence-corrected chi connectivity index (χ4v) is 7.41. The van der Waals surface area contributed by atoms with Gasteiger partial charge >= 0.3 is 16.2 Å². The molecule has 1 aliphatic carbocycles. The van der Waals surface area contributed by atoms with Gasteiger partial charge in [0.05, 0.1) is 11.3 Å². The maximum absolute atomic E-state index is 13.6. The minimum atomic E-state index is -3.80. The molecule has 0 aromatic heterocycles. The number of nitrogens with zero attached hydrogens (tertiary/aromatic N) is 1. The highest BCUT2D eigenvalue weighted by molar-refractivity contribution is 7.90. The predicted molar refractivity (Wildman–Crippen MR) is 147 cm³/mol. The minimum absolute atomic E-state index is 0.00629. The molecule has 1 heterocycles. The largest absolute Gasteiger partial charge is 0.479 e. The molecular formula is C29H40N2O5S. The topological polar surface area (TPSA) is 95.9 Å². The molecule has 2 aliphatic rings. The summed E-state index contributed by atoms with van der Waals surface area (Å²) < 4.78 is 37.9. The second kappa shape index (κ2) is 10.4. The van der Waals surface area contributed by atoms with Crippen molar-refractivity contribution in [1.29, 1.82) is 0 Å². The maximum atomic E-state index is 13.6. The van der Waals surface area contributed by atoms with Crippen LogP contribution in [0.4, 0.5) is 5.69 Å². The van der Waals surface area contributed by atoms with Gasteiger partial charge in [0.25, 0.3) is 0 Å². The van der Waals surface area contributed by atoms with E-state index < -0.39 is 27.9 Å². The van der Waals surface area contributed by atoms with E-state index in [1.807, 2.05) is 65.8 Å². The van der Waals surface area contributed by atoms with Crippen LogP contribution < -0.4 is 4.72 Å². The van der Waals surface area contributed by atoms with Gasteiger partial charge in [-0.15, -0.1) is 0 Å². The number of carboxylic acids is 1. The van der Waals surface area contributed by atoms with Gasteiger partial charge in [-0.05, 0) is 88.6 Å². The number of hydrogen-bond acceptors (Lipinski definition) is 4. The van der Waals surface area contributed by atoms with Gasteiger partial charge in [0.2, 0.25) is 0 Å². The summed E-state index contributed by atoms with van der Waals surface area (Å²) in [5, 5.41) is 10.3. The molecule has 1 atom stereocenters. The summed E-state index contributed by atoms with van der Waals surface area (Å²) in [5.41, 5.74) is 5.46. The first-order chi connectivity index (χ1) is 17.3. The molecule has 0 amide bonds. The molecule has 2 aromatic carbocycles. The Hall–Kier alpha value is -2.42. The monoisotopic (exact) mass is 528 g/mol. The SMILES string of the molecule is Cc1ccc(-c2c(C)c3c(c(C)c2[C@H](OC(C)(C)C)C(=O)O)NS(=O)(=O)N(C2CCCCC2)CC3)cc1. The van der Waals surface area contributed by atoms with Gasteiger partial charge in [-0.1, -0.05) is 49.1 Å². The van der Waals surface area contributed by atoms with Crippen molar-refractivity contribution in [1.82, 2.24) is 4.31 Å².